The molecule has 4 nitrogen and oxygen atoms in total. The van der Waals surface area contributed by atoms with Crippen molar-refractivity contribution in [3.8, 4) is 11.5 Å². The SMILES string of the molecule is O[C@H]1Oc2ccccc2O[C@H]1c1ccccn1. The normalized spacial score (nSPS) is 22.2. The Morgan fingerprint density at radius 1 is 0.941 bits per heavy atom. The molecule has 3 rings (SSSR count). The lowest BCUT2D eigenvalue weighted by Crippen LogP contribution is -2.33. The number of aliphatic hydroxyl groups is 1. The van der Waals surface area contributed by atoms with Gasteiger partial charge in [0.05, 0.1) is 5.69 Å². The van der Waals surface area contributed by atoms with Gasteiger partial charge in [0, 0.05) is 6.20 Å². The molecule has 2 atom stereocenters. The average molecular weight is 229 g/mol. The smallest absolute Gasteiger partial charge is 0.240 e. The number of pyridine rings is 1. The number of rotatable bonds is 1. The van der Waals surface area contributed by atoms with Gasteiger partial charge < -0.3 is 14.6 Å². The zero-order chi connectivity index (χ0) is 11.7. The third-order valence-corrected chi connectivity index (χ3v) is 2.59. The number of hydrogen-bond acceptors (Lipinski definition) is 4. The topological polar surface area (TPSA) is 51.6 Å². The fourth-order valence-corrected chi connectivity index (χ4v) is 1.78. The molecule has 2 heterocycles. The molecular weight excluding hydrogens is 218 g/mol. The van der Waals surface area contributed by atoms with E-state index in [1.807, 2.05) is 24.3 Å². The van der Waals surface area contributed by atoms with E-state index < -0.39 is 12.4 Å². The van der Waals surface area contributed by atoms with Crippen LogP contribution in [-0.4, -0.2) is 16.4 Å². The van der Waals surface area contributed by atoms with Crippen LogP contribution >= 0.6 is 0 Å². The zero-order valence-corrected chi connectivity index (χ0v) is 8.98. The predicted molar refractivity (Wildman–Crippen MR) is 60.7 cm³/mol. The van der Waals surface area contributed by atoms with E-state index in [-0.39, 0.29) is 0 Å². The number of benzene rings is 1. The third-order valence-electron chi connectivity index (χ3n) is 2.59. The standard InChI is InChI=1S/C13H11NO3/c15-13-12(9-5-3-4-8-14-9)16-10-6-1-2-7-11(10)17-13/h1-8,12-13,15H/t12-,13-/m0/s1. The second-order valence-electron chi connectivity index (χ2n) is 3.75. The number of nitrogens with zero attached hydrogens (tertiary/aromatic N) is 1. The van der Waals surface area contributed by atoms with E-state index >= 15 is 0 Å². The minimum absolute atomic E-state index is 0.548. The van der Waals surface area contributed by atoms with Crippen LogP contribution in [0.15, 0.2) is 48.7 Å². The molecule has 0 aliphatic carbocycles. The lowest BCUT2D eigenvalue weighted by atomic mass is 10.2. The van der Waals surface area contributed by atoms with Gasteiger partial charge in [0.1, 0.15) is 0 Å². The van der Waals surface area contributed by atoms with E-state index in [4.69, 9.17) is 9.47 Å². The Morgan fingerprint density at radius 2 is 1.65 bits per heavy atom. The molecule has 4 heteroatoms. The van der Waals surface area contributed by atoms with Crippen molar-refractivity contribution in [2.75, 3.05) is 0 Å². The molecule has 1 N–H and O–H groups in total. The first-order valence-electron chi connectivity index (χ1n) is 5.36. The molecule has 0 saturated carbocycles. The van der Waals surface area contributed by atoms with Crippen LogP contribution in [0, 0.1) is 0 Å². The van der Waals surface area contributed by atoms with E-state index in [0.717, 1.165) is 0 Å². The fourth-order valence-electron chi connectivity index (χ4n) is 1.78. The molecule has 1 aliphatic rings. The second kappa shape index (κ2) is 4.07. The first-order chi connectivity index (χ1) is 8.34. The maximum absolute atomic E-state index is 9.88. The van der Waals surface area contributed by atoms with Gasteiger partial charge in [-0.1, -0.05) is 18.2 Å². The summed E-state index contributed by atoms with van der Waals surface area (Å²) in [6.45, 7) is 0. The van der Waals surface area contributed by atoms with Gasteiger partial charge in [-0.2, -0.15) is 0 Å². The molecule has 0 spiro atoms. The van der Waals surface area contributed by atoms with Crippen molar-refractivity contribution < 1.29 is 14.6 Å². The molecule has 0 fully saturated rings. The summed E-state index contributed by atoms with van der Waals surface area (Å²) in [4.78, 5) is 4.16. The van der Waals surface area contributed by atoms with Gasteiger partial charge in [-0.25, -0.2) is 0 Å². The van der Waals surface area contributed by atoms with Crippen LogP contribution in [0.1, 0.15) is 11.8 Å². The zero-order valence-electron chi connectivity index (χ0n) is 8.98. The third kappa shape index (κ3) is 1.83. The first-order valence-corrected chi connectivity index (χ1v) is 5.36. The molecule has 1 aliphatic heterocycles. The maximum atomic E-state index is 9.88. The molecule has 0 radical (unpaired) electrons. The summed E-state index contributed by atoms with van der Waals surface area (Å²) in [6, 6.07) is 12.7. The highest BCUT2D eigenvalue weighted by Gasteiger charge is 2.31. The molecule has 0 saturated heterocycles. The van der Waals surface area contributed by atoms with Crippen LogP contribution in [0.4, 0.5) is 0 Å². The summed E-state index contributed by atoms with van der Waals surface area (Å²) >= 11 is 0. The number of aromatic nitrogens is 1. The Balaban J connectivity index is 1.95. The maximum Gasteiger partial charge on any atom is 0.240 e. The van der Waals surface area contributed by atoms with Crippen LogP contribution in [0.2, 0.25) is 0 Å². The van der Waals surface area contributed by atoms with Gasteiger partial charge in [-0.05, 0) is 24.3 Å². The van der Waals surface area contributed by atoms with Crippen LogP contribution in [0.3, 0.4) is 0 Å². The number of hydrogen-bond donors (Lipinski definition) is 1. The van der Waals surface area contributed by atoms with E-state index in [1.54, 1.807) is 24.4 Å². The summed E-state index contributed by atoms with van der Waals surface area (Å²) < 4.78 is 11.1. The minimum atomic E-state index is -1.04. The van der Waals surface area contributed by atoms with Gasteiger partial charge in [0.15, 0.2) is 11.5 Å². The Hall–Kier alpha value is -2.07. The molecule has 86 valence electrons. The van der Waals surface area contributed by atoms with Gasteiger partial charge >= 0.3 is 0 Å². The fraction of sp³-hybridized carbons (Fsp3) is 0.154. The van der Waals surface area contributed by atoms with E-state index in [9.17, 15) is 5.11 Å². The summed E-state index contributed by atoms with van der Waals surface area (Å²) in [5, 5.41) is 9.88. The van der Waals surface area contributed by atoms with Crippen LogP contribution in [-0.2, 0) is 0 Å². The molecule has 1 aromatic carbocycles. The number of fused-ring (bicyclic) bond motifs is 1. The van der Waals surface area contributed by atoms with Crippen molar-refractivity contribution in [1.29, 1.82) is 0 Å². The van der Waals surface area contributed by atoms with Gasteiger partial charge in [0.2, 0.25) is 12.4 Å². The Labute approximate surface area is 98.5 Å². The lowest BCUT2D eigenvalue weighted by molar-refractivity contribution is -0.117. The van der Waals surface area contributed by atoms with E-state index in [2.05, 4.69) is 4.98 Å². The predicted octanol–water partition coefficient (Wildman–Crippen LogP) is 1.91. The molecule has 2 aromatic rings. The minimum Gasteiger partial charge on any atom is -0.474 e. The second-order valence-corrected chi connectivity index (χ2v) is 3.75. The number of para-hydroxylation sites is 2. The monoisotopic (exact) mass is 229 g/mol. The van der Waals surface area contributed by atoms with Crippen molar-refractivity contribution >= 4 is 0 Å². The lowest BCUT2D eigenvalue weighted by Gasteiger charge is -2.30. The van der Waals surface area contributed by atoms with Crippen LogP contribution < -0.4 is 9.47 Å². The Morgan fingerprint density at radius 3 is 2.35 bits per heavy atom. The van der Waals surface area contributed by atoms with Crippen LogP contribution in [0.5, 0.6) is 11.5 Å². The summed E-state index contributed by atoms with van der Waals surface area (Å²) in [5.41, 5.74) is 0.648. The molecule has 0 amide bonds. The number of ether oxygens (including phenoxy) is 2. The van der Waals surface area contributed by atoms with E-state index in [1.165, 1.54) is 0 Å². The van der Waals surface area contributed by atoms with Gasteiger partial charge in [0.25, 0.3) is 0 Å². The van der Waals surface area contributed by atoms with Gasteiger partial charge in [-0.3, -0.25) is 4.98 Å². The average Bonchev–Trinajstić information content (AvgIpc) is 2.39. The largest absolute Gasteiger partial charge is 0.474 e. The molecule has 0 unspecified atom stereocenters. The van der Waals surface area contributed by atoms with Gasteiger partial charge in [-0.15, -0.1) is 0 Å². The highest BCUT2D eigenvalue weighted by atomic mass is 16.7. The van der Waals surface area contributed by atoms with Crippen molar-refractivity contribution in [3.63, 3.8) is 0 Å². The number of aliphatic hydroxyl groups excluding tert-OH is 1. The quantitative estimate of drug-likeness (QED) is 0.811. The summed E-state index contributed by atoms with van der Waals surface area (Å²) in [5.74, 6) is 1.17. The first kappa shape index (κ1) is 10.1. The van der Waals surface area contributed by atoms with Crippen LogP contribution in [0.25, 0.3) is 0 Å². The van der Waals surface area contributed by atoms with Crippen molar-refractivity contribution in [1.82, 2.24) is 4.98 Å². The highest BCUT2D eigenvalue weighted by molar-refractivity contribution is 5.41. The molecular formula is C13H11NO3. The Kier molecular flexibility index (Phi) is 2.42. The van der Waals surface area contributed by atoms with E-state index in [0.29, 0.717) is 17.2 Å². The summed E-state index contributed by atoms with van der Waals surface area (Å²) in [6.07, 6.45) is 0.0252. The van der Waals surface area contributed by atoms with Crippen molar-refractivity contribution in [2.24, 2.45) is 0 Å². The summed E-state index contributed by atoms with van der Waals surface area (Å²) in [7, 11) is 0. The van der Waals surface area contributed by atoms with Crippen molar-refractivity contribution in [2.45, 2.75) is 12.4 Å². The highest BCUT2D eigenvalue weighted by Crippen LogP contribution is 2.37. The molecule has 17 heavy (non-hydrogen) atoms. The molecule has 1 aromatic heterocycles. The van der Waals surface area contributed by atoms with Crippen molar-refractivity contribution in [3.05, 3.63) is 54.4 Å². The molecule has 0 bridgehead atoms. The Bertz CT molecular complexity index is 515.